The summed E-state index contributed by atoms with van der Waals surface area (Å²) < 4.78 is 25.1. The molecular formula is C19H16FNO4S. The maximum Gasteiger partial charge on any atom is 0.309 e. The van der Waals surface area contributed by atoms with Crippen molar-refractivity contribution >= 4 is 17.3 Å². The van der Waals surface area contributed by atoms with Crippen LogP contribution in [0.1, 0.15) is 11.3 Å². The number of aromatic nitrogens is 1. The lowest BCUT2D eigenvalue weighted by atomic mass is 10.2. The Morgan fingerprint density at radius 2 is 2.04 bits per heavy atom. The van der Waals surface area contributed by atoms with Crippen LogP contribution in [-0.4, -0.2) is 23.2 Å². The van der Waals surface area contributed by atoms with Crippen LogP contribution >= 0.6 is 11.3 Å². The predicted molar refractivity (Wildman–Crippen MR) is 96.2 cm³/mol. The second-order valence-corrected chi connectivity index (χ2v) is 6.29. The van der Waals surface area contributed by atoms with Crippen LogP contribution in [0.4, 0.5) is 4.39 Å². The third kappa shape index (κ3) is 4.00. The van der Waals surface area contributed by atoms with Crippen molar-refractivity contribution in [3.63, 3.8) is 0 Å². The summed E-state index contributed by atoms with van der Waals surface area (Å²) in [6.45, 7) is 0.0351. The minimum atomic E-state index is -0.941. The lowest BCUT2D eigenvalue weighted by Gasteiger charge is -2.14. The van der Waals surface area contributed by atoms with Crippen molar-refractivity contribution in [2.75, 3.05) is 7.11 Å². The number of ether oxygens (including phenoxy) is 2. The number of hydrogen-bond donors (Lipinski definition) is 1. The maximum atomic E-state index is 13.8. The lowest BCUT2D eigenvalue weighted by molar-refractivity contribution is -0.136. The van der Waals surface area contributed by atoms with E-state index in [-0.39, 0.29) is 18.8 Å². The van der Waals surface area contributed by atoms with E-state index in [0.29, 0.717) is 33.3 Å². The summed E-state index contributed by atoms with van der Waals surface area (Å²) >= 11 is 1.32. The molecule has 1 N–H and O–H groups in total. The fourth-order valence-electron chi connectivity index (χ4n) is 2.43. The molecule has 0 atom stereocenters. The summed E-state index contributed by atoms with van der Waals surface area (Å²) in [5.74, 6) is -0.353. The Bertz CT molecular complexity index is 925. The van der Waals surface area contributed by atoms with Crippen LogP contribution in [0.15, 0.2) is 47.8 Å². The molecule has 0 radical (unpaired) electrons. The minimum absolute atomic E-state index is 0.0351. The number of methoxy groups -OCH3 is 1. The number of nitrogens with zero attached hydrogens (tertiary/aromatic N) is 1. The van der Waals surface area contributed by atoms with Crippen molar-refractivity contribution < 1.29 is 23.8 Å². The molecule has 0 unspecified atom stereocenters. The van der Waals surface area contributed by atoms with Gasteiger partial charge in [-0.05, 0) is 18.2 Å². The van der Waals surface area contributed by atoms with Crippen molar-refractivity contribution in [2.24, 2.45) is 0 Å². The van der Waals surface area contributed by atoms with Gasteiger partial charge in [0, 0.05) is 10.9 Å². The Morgan fingerprint density at radius 3 is 2.77 bits per heavy atom. The summed E-state index contributed by atoms with van der Waals surface area (Å²) in [5, 5.41) is 11.2. The zero-order chi connectivity index (χ0) is 18.5. The standard InChI is InChI=1S/C19H16FNO4S/c1-24-16-8-4-6-14(19-21-13(11-26-19)9-17(22)23)18(16)25-10-12-5-2-3-7-15(12)20/h2-8,11H,9-10H2,1H3,(H,22,23). The second kappa shape index (κ2) is 7.97. The Kier molecular flexibility index (Phi) is 5.48. The number of rotatable bonds is 7. The first-order valence-corrected chi connectivity index (χ1v) is 8.66. The molecule has 7 heteroatoms. The molecule has 0 saturated heterocycles. The molecule has 26 heavy (non-hydrogen) atoms. The largest absolute Gasteiger partial charge is 0.493 e. The summed E-state index contributed by atoms with van der Waals surface area (Å²) in [5.41, 5.74) is 1.57. The van der Waals surface area contributed by atoms with E-state index in [0.717, 1.165) is 0 Å². The molecular weight excluding hydrogens is 357 g/mol. The molecule has 0 spiro atoms. The van der Waals surface area contributed by atoms with E-state index in [1.165, 1.54) is 24.5 Å². The van der Waals surface area contributed by atoms with E-state index >= 15 is 0 Å². The van der Waals surface area contributed by atoms with E-state index in [9.17, 15) is 9.18 Å². The number of para-hydroxylation sites is 1. The molecule has 3 rings (SSSR count). The first kappa shape index (κ1) is 17.9. The van der Waals surface area contributed by atoms with Crippen molar-refractivity contribution in [1.29, 1.82) is 0 Å². The van der Waals surface area contributed by atoms with Crippen LogP contribution in [0, 0.1) is 5.82 Å². The molecule has 134 valence electrons. The van der Waals surface area contributed by atoms with Gasteiger partial charge >= 0.3 is 5.97 Å². The number of halogens is 1. The summed E-state index contributed by atoms with van der Waals surface area (Å²) in [4.78, 5) is 15.2. The Balaban J connectivity index is 1.92. The number of aliphatic carboxylic acids is 1. The molecule has 0 aliphatic heterocycles. The molecule has 0 bridgehead atoms. The van der Waals surface area contributed by atoms with Crippen molar-refractivity contribution in [3.05, 3.63) is 64.9 Å². The molecule has 0 aliphatic carbocycles. The van der Waals surface area contributed by atoms with Crippen LogP contribution in [0.2, 0.25) is 0 Å². The van der Waals surface area contributed by atoms with Crippen molar-refractivity contribution in [1.82, 2.24) is 4.98 Å². The molecule has 3 aromatic rings. The van der Waals surface area contributed by atoms with Gasteiger partial charge < -0.3 is 14.6 Å². The number of benzene rings is 2. The fraction of sp³-hybridized carbons (Fsp3) is 0.158. The van der Waals surface area contributed by atoms with Crippen molar-refractivity contribution in [2.45, 2.75) is 13.0 Å². The highest BCUT2D eigenvalue weighted by Gasteiger charge is 2.17. The van der Waals surface area contributed by atoms with Crippen molar-refractivity contribution in [3.8, 4) is 22.1 Å². The highest BCUT2D eigenvalue weighted by molar-refractivity contribution is 7.13. The normalized spacial score (nSPS) is 10.5. The predicted octanol–water partition coefficient (Wildman–Crippen LogP) is 4.16. The number of carboxylic acid groups (broad SMARTS) is 1. The average Bonchev–Trinajstić information content (AvgIpc) is 3.08. The molecule has 1 heterocycles. The SMILES string of the molecule is COc1cccc(-c2nc(CC(=O)O)cs2)c1OCc1ccccc1F. The minimum Gasteiger partial charge on any atom is -0.493 e. The van der Waals surface area contributed by atoms with E-state index in [1.807, 2.05) is 6.07 Å². The molecule has 0 aliphatic rings. The third-order valence-corrected chi connectivity index (χ3v) is 4.57. The van der Waals surface area contributed by atoms with Gasteiger partial charge in [-0.25, -0.2) is 9.37 Å². The van der Waals surface area contributed by atoms with Gasteiger partial charge in [0.05, 0.1) is 24.8 Å². The highest BCUT2D eigenvalue weighted by atomic mass is 32.1. The molecule has 0 fully saturated rings. The van der Waals surface area contributed by atoms with E-state index < -0.39 is 5.97 Å². The summed E-state index contributed by atoms with van der Waals surface area (Å²) in [6.07, 6.45) is -0.147. The van der Waals surface area contributed by atoms with Gasteiger partial charge in [-0.1, -0.05) is 24.3 Å². The Hall–Kier alpha value is -2.93. The summed E-state index contributed by atoms with van der Waals surface area (Å²) in [6, 6.07) is 11.7. The summed E-state index contributed by atoms with van der Waals surface area (Å²) in [7, 11) is 1.52. The van der Waals surface area contributed by atoms with Gasteiger partial charge in [-0.2, -0.15) is 0 Å². The molecule has 5 nitrogen and oxygen atoms in total. The molecule has 0 amide bonds. The van der Waals surface area contributed by atoms with Gasteiger partial charge in [0.15, 0.2) is 11.5 Å². The molecule has 0 saturated carbocycles. The van der Waals surface area contributed by atoms with Crippen LogP contribution in [0.5, 0.6) is 11.5 Å². The Morgan fingerprint density at radius 1 is 1.23 bits per heavy atom. The number of hydrogen-bond acceptors (Lipinski definition) is 5. The van der Waals surface area contributed by atoms with Crippen LogP contribution in [0.25, 0.3) is 10.6 Å². The average molecular weight is 373 g/mol. The second-order valence-electron chi connectivity index (χ2n) is 5.43. The third-order valence-electron chi connectivity index (χ3n) is 3.64. The first-order valence-electron chi connectivity index (χ1n) is 7.78. The topological polar surface area (TPSA) is 68.7 Å². The van der Waals surface area contributed by atoms with E-state index in [4.69, 9.17) is 14.6 Å². The van der Waals surface area contributed by atoms with Gasteiger partial charge in [0.25, 0.3) is 0 Å². The number of carboxylic acids is 1. The molecule has 2 aromatic carbocycles. The fourth-order valence-corrected chi connectivity index (χ4v) is 3.27. The van der Waals surface area contributed by atoms with E-state index in [2.05, 4.69) is 4.98 Å². The van der Waals surface area contributed by atoms with Crippen LogP contribution in [-0.2, 0) is 17.8 Å². The number of thiazole rings is 1. The van der Waals surface area contributed by atoms with Crippen LogP contribution < -0.4 is 9.47 Å². The quantitative estimate of drug-likeness (QED) is 0.673. The van der Waals surface area contributed by atoms with Gasteiger partial charge in [0.1, 0.15) is 17.4 Å². The van der Waals surface area contributed by atoms with Crippen LogP contribution in [0.3, 0.4) is 0 Å². The van der Waals surface area contributed by atoms with Gasteiger partial charge in [-0.15, -0.1) is 11.3 Å². The zero-order valence-corrected chi connectivity index (χ0v) is 14.8. The highest BCUT2D eigenvalue weighted by Crippen LogP contribution is 2.39. The number of carbonyl (C=O) groups is 1. The van der Waals surface area contributed by atoms with Gasteiger partial charge in [-0.3, -0.25) is 4.79 Å². The lowest BCUT2D eigenvalue weighted by Crippen LogP contribution is -2.02. The van der Waals surface area contributed by atoms with Gasteiger partial charge in [0.2, 0.25) is 0 Å². The van der Waals surface area contributed by atoms with E-state index in [1.54, 1.807) is 35.7 Å². The Labute approximate surface area is 153 Å². The first-order chi connectivity index (χ1) is 12.6. The smallest absolute Gasteiger partial charge is 0.309 e. The monoisotopic (exact) mass is 373 g/mol. The molecule has 1 aromatic heterocycles. The maximum absolute atomic E-state index is 13.8. The zero-order valence-electron chi connectivity index (χ0n) is 13.9.